The average Bonchev–Trinajstić information content (AvgIpc) is 2.75. The Kier molecular flexibility index (Phi) is 4.02. The van der Waals surface area contributed by atoms with Crippen molar-refractivity contribution < 1.29 is 9.53 Å². The van der Waals surface area contributed by atoms with E-state index < -0.39 is 0 Å². The predicted molar refractivity (Wildman–Crippen MR) is 74.6 cm³/mol. The summed E-state index contributed by atoms with van der Waals surface area (Å²) in [6.07, 6.45) is 4.66. The molecule has 0 amide bonds. The largest absolute Gasteiger partial charge is 0.497 e. The highest BCUT2D eigenvalue weighted by molar-refractivity contribution is 6.31. The lowest BCUT2D eigenvalue weighted by molar-refractivity contribution is 0.104. The average molecular weight is 277 g/mol. The van der Waals surface area contributed by atoms with E-state index in [1.54, 1.807) is 49.2 Å². The molecule has 0 unspecified atom stereocenters. The first-order chi connectivity index (χ1) is 9.11. The number of allylic oxidation sites excluding steroid dienone is 1. The Morgan fingerprint density at radius 3 is 2.89 bits per heavy atom. The topological polar surface area (TPSA) is 44.1 Å². The van der Waals surface area contributed by atoms with Gasteiger partial charge in [-0.1, -0.05) is 23.7 Å². The first-order valence-corrected chi connectivity index (χ1v) is 6.03. The van der Waals surface area contributed by atoms with Crippen LogP contribution in [0.5, 0.6) is 5.75 Å². The Morgan fingerprint density at radius 1 is 1.47 bits per heavy atom. The van der Waals surface area contributed by atoms with E-state index in [-0.39, 0.29) is 5.78 Å². The van der Waals surface area contributed by atoms with E-state index in [2.05, 4.69) is 5.10 Å². The van der Waals surface area contributed by atoms with Gasteiger partial charge in [0.05, 0.1) is 24.0 Å². The summed E-state index contributed by atoms with van der Waals surface area (Å²) in [6, 6.07) is 6.99. The van der Waals surface area contributed by atoms with Crippen LogP contribution in [0.3, 0.4) is 0 Å². The second-order valence-electron chi connectivity index (χ2n) is 3.93. The fourth-order valence-electron chi connectivity index (χ4n) is 1.63. The molecule has 19 heavy (non-hydrogen) atoms. The van der Waals surface area contributed by atoms with Crippen LogP contribution in [0.4, 0.5) is 0 Å². The van der Waals surface area contributed by atoms with Crippen LogP contribution in [0.15, 0.2) is 36.5 Å². The van der Waals surface area contributed by atoms with Gasteiger partial charge in [0.25, 0.3) is 0 Å². The number of ketones is 1. The van der Waals surface area contributed by atoms with Crippen LogP contribution in [-0.4, -0.2) is 22.7 Å². The van der Waals surface area contributed by atoms with Crippen molar-refractivity contribution in [3.63, 3.8) is 0 Å². The molecule has 0 radical (unpaired) electrons. The highest BCUT2D eigenvalue weighted by Crippen LogP contribution is 2.17. The third-order valence-corrected chi connectivity index (χ3v) is 2.98. The fraction of sp³-hybridized carbons (Fsp3) is 0.143. The standard InChI is InChI=1S/C14H13ClN2O2/c1-17-13(12(15)9-16-17)6-7-14(18)10-4-3-5-11(8-10)19-2/h3-9H,1-2H3/b7-6+. The number of ether oxygens (including phenoxy) is 1. The van der Waals surface area contributed by atoms with E-state index in [1.165, 1.54) is 12.3 Å². The number of hydrogen-bond acceptors (Lipinski definition) is 3. The summed E-state index contributed by atoms with van der Waals surface area (Å²) in [6.45, 7) is 0. The van der Waals surface area contributed by atoms with Crippen LogP contribution in [0, 0.1) is 0 Å². The number of hydrogen-bond donors (Lipinski definition) is 0. The SMILES string of the molecule is COc1cccc(C(=O)/C=C/c2c(Cl)cnn2C)c1. The normalized spacial score (nSPS) is 10.9. The highest BCUT2D eigenvalue weighted by atomic mass is 35.5. The van der Waals surface area contributed by atoms with Crippen LogP contribution in [0.2, 0.25) is 5.02 Å². The zero-order chi connectivity index (χ0) is 13.8. The summed E-state index contributed by atoms with van der Waals surface area (Å²) < 4.78 is 6.69. The summed E-state index contributed by atoms with van der Waals surface area (Å²) in [4.78, 5) is 12.0. The monoisotopic (exact) mass is 276 g/mol. The van der Waals surface area contributed by atoms with E-state index >= 15 is 0 Å². The van der Waals surface area contributed by atoms with E-state index in [0.717, 1.165) is 0 Å². The number of carbonyl (C=O) groups is 1. The Balaban J connectivity index is 2.21. The van der Waals surface area contributed by atoms with Crippen molar-refractivity contribution in [3.05, 3.63) is 52.8 Å². The maximum atomic E-state index is 12.0. The lowest BCUT2D eigenvalue weighted by Crippen LogP contribution is -1.97. The molecule has 2 rings (SSSR count). The van der Waals surface area contributed by atoms with Crippen LogP contribution in [-0.2, 0) is 7.05 Å². The molecule has 2 aromatic rings. The lowest BCUT2D eigenvalue weighted by Gasteiger charge is -2.01. The van der Waals surface area contributed by atoms with Crippen molar-refractivity contribution >= 4 is 23.5 Å². The fourth-order valence-corrected chi connectivity index (χ4v) is 1.86. The number of aryl methyl sites for hydroxylation is 1. The molecule has 0 saturated carbocycles. The van der Waals surface area contributed by atoms with Gasteiger partial charge in [-0.25, -0.2) is 0 Å². The molecule has 0 saturated heterocycles. The van der Waals surface area contributed by atoms with Crippen molar-refractivity contribution in [1.82, 2.24) is 9.78 Å². The number of aromatic nitrogens is 2. The summed E-state index contributed by atoms with van der Waals surface area (Å²) in [5, 5.41) is 4.51. The van der Waals surface area contributed by atoms with Gasteiger partial charge in [-0.05, 0) is 24.3 Å². The second kappa shape index (κ2) is 5.71. The maximum Gasteiger partial charge on any atom is 0.186 e. The van der Waals surface area contributed by atoms with Gasteiger partial charge in [-0.3, -0.25) is 9.48 Å². The number of nitrogens with zero attached hydrogens (tertiary/aromatic N) is 2. The third-order valence-electron chi connectivity index (χ3n) is 2.68. The van der Waals surface area contributed by atoms with Gasteiger partial charge >= 0.3 is 0 Å². The molecular formula is C14H13ClN2O2. The molecule has 4 nitrogen and oxygen atoms in total. The van der Waals surface area contributed by atoms with E-state index in [1.807, 2.05) is 0 Å². The molecule has 5 heteroatoms. The molecule has 0 aliphatic carbocycles. The maximum absolute atomic E-state index is 12.0. The lowest BCUT2D eigenvalue weighted by atomic mass is 10.1. The Labute approximate surface area is 116 Å². The van der Waals surface area contributed by atoms with E-state index in [4.69, 9.17) is 16.3 Å². The summed E-state index contributed by atoms with van der Waals surface area (Å²) >= 11 is 5.96. The zero-order valence-electron chi connectivity index (χ0n) is 10.6. The number of methoxy groups -OCH3 is 1. The third kappa shape index (κ3) is 3.03. The molecule has 0 bridgehead atoms. The number of carbonyl (C=O) groups excluding carboxylic acids is 1. The van der Waals surface area contributed by atoms with Gasteiger partial charge in [-0.2, -0.15) is 5.10 Å². The molecular weight excluding hydrogens is 264 g/mol. The Morgan fingerprint density at radius 2 is 2.26 bits per heavy atom. The van der Waals surface area contributed by atoms with Crippen molar-refractivity contribution in [1.29, 1.82) is 0 Å². The summed E-state index contributed by atoms with van der Waals surface area (Å²) in [7, 11) is 3.33. The van der Waals surface area contributed by atoms with Crippen LogP contribution >= 0.6 is 11.6 Å². The minimum atomic E-state index is -0.115. The van der Waals surface area contributed by atoms with Gasteiger partial charge in [0.2, 0.25) is 0 Å². The Hall–Kier alpha value is -2.07. The molecule has 0 spiro atoms. The smallest absolute Gasteiger partial charge is 0.186 e. The number of halogens is 1. The van der Waals surface area contributed by atoms with Gasteiger partial charge in [0, 0.05) is 12.6 Å². The minimum absolute atomic E-state index is 0.115. The molecule has 1 aromatic heterocycles. The minimum Gasteiger partial charge on any atom is -0.497 e. The van der Waals surface area contributed by atoms with Crippen molar-refractivity contribution in [2.24, 2.45) is 7.05 Å². The zero-order valence-corrected chi connectivity index (χ0v) is 11.4. The van der Waals surface area contributed by atoms with Crippen LogP contribution < -0.4 is 4.74 Å². The Bertz CT molecular complexity index is 613. The summed E-state index contributed by atoms with van der Waals surface area (Å²) in [5.41, 5.74) is 1.26. The molecule has 0 atom stereocenters. The van der Waals surface area contributed by atoms with E-state index in [9.17, 15) is 4.79 Å². The van der Waals surface area contributed by atoms with Gasteiger partial charge in [-0.15, -0.1) is 0 Å². The van der Waals surface area contributed by atoms with Crippen molar-refractivity contribution in [3.8, 4) is 5.75 Å². The van der Waals surface area contributed by atoms with Crippen molar-refractivity contribution in [2.75, 3.05) is 7.11 Å². The van der Waals surface area contributed by atoms with Crippen LogP contribution in [0.1, 0.15) is 16.1 Å². The van der Waals surface area contributed by atoms with Gasteiger partial charge < -0.3 is 4.74 Å². The second-order valence-corrected chi connectivity index (χ2v) is 4.34. The first kappa shape index (κ1) is 13.4. The molecule has 98 valence electrons. The number of benzene rings is 1. The van der Waals surface area contributed by atoms with Crippen molar-refractivity contribution in [2.45, 2.75) is 0 Å². The van der Waals surface area contributed by atoms with Gasteiger partial charge in [0.1, 0.15) is 5.75 Å². The molecule has 1 aromatic carbocycles. The molecule has 0 N–H and O–H groups in total. The number of rotatable bonds is 4. The summed E-state index contributed by atoms with van der Waals surface area (Å²) in [5.74, 6) is 0.536. The highest BCUT2D eigenvalue weighted by Gasteiger charge is 2.06. The molecule has 0 aliphatic heterocycles. The molecule has 1 heterocycles. The first-order valence-electron chi connectivity index (χ1n) is 5.66. The van der Waals surface area contributed by atoms with E-state index in [0.29, 0.717) is 22.0 Å². The predicted octanol–water partition coefficient (Wildman–Crippen LogP) is 2.98. The van der Waals surface area contributed by atoms with Crippen LogP contribution in [0.25, 0.3) is 6.08 Å². The molecule has 0 fully saturated rings. The quantitative estimate of drug-likeness (QED) is 0.637. The van der Waals surface area contributed by atoms with Gasteiger partial charge in [0.15, 0.2) is 5.78 Å². The molecule has 0 aliphatic rings.